The van der Waals surface area contributed by atoms with Crippen molar-refractivity contribution in [1.82, 2.24) is 0 Å². The molecule has 0 aliphatic carbocycles. The molecule has 0 fully saturated rings. The molecule has 2 unspecified atom stereocenters. The van der Waals surface area contributed by atoms with Crippen LogP contribution in [0.25, 0.3) is 0 Å². The van der Waals surface area contributed by atoms with Crippen LogP contribution in [0.5, 0.6) is 0 Å². The molecule has 0 saturated heterocycles. The SMILES string of the molecule is CC/C=C\C/C=C\C/C=C\C/C=C\C/C=C\C/C=C\C/C=C\CCCCCCCCCCCCCCCCCCCC(=O)OC(COC(=O)CCCCCCCCCCCCCCCCCCCCCCC/C=C\CCCCCCCCCC)COP(=O)([O-])OCC[N+](C)(C)C. The number of hydrogen-bond acceptors (Lipinski definition) is 8. The summed E-state index contributed by atoms with van der Waals surface area (Å²) in [4.78, 5) is 38.2. The summed E-state index contributed by atoms with van der Waals surface area (Å²) in [7, 11) is 1.18. The van der Waals surface area contributed by atoms with Crippen molar-refractivity contribution in [2.75, 3.05) is 47.5 Å². The van der Waals surface area contributed by atoms with E-state index in [4.69, 9.17) is 18.5 Å². The van der Waals surface area contributed by atoms with Gasteiger partial charge in [-0.1, -0.05) is 374 Å². The zero-order chi connectivity index (χ0) is 69.7. The molecule has 0 bridgehead atoms. The Hall–Kier alpha value is -3.07. The first-order valence-corrected chi connectivity index (χ1v) is 42.4. The molecule has 558 valence electrons. The van der Waals surface area contributed by atoms with Crippen molar-refractivity contribution in [3.8, 4) is 0 Å². The van der Waals surface area contributed by atoms with Crippen LogP contribution in [0.4, 0.5) is 0 Å². The van der Waals surface area contributed by atoms with Crippen LogP contribution in [0, 0.1) is 0 Å². The lowest BCUT2D eigenvalue weighted by Gasteiger charge is -2.28. The first-order chi connectivity index (χ1) is 47.0. The van der Waals surface area contributed by atoms with Crippen molar-refractivity contribution < 1.29 is 42.1 Å². The minimum Gasteiger partial charge on any atom is -0.756 e. The Kier molecular flexibility index (Phi) is 73.7. The number of carbonyl (C=O) groups is 2. The molecule has 0 N–H and O–H groups in total. The molecular formula is C86H156NO8P. The number of ether oxygens (including phenoxy) is 2. The molecule has 0 amide bonds. The molecule has 0 aromatic carbocycles. The number of carbonyl (C=O) groups excluding carboxylic acids is 2. The second-order valence-corrected chi connectivity index (χ2v) is 30.2. The second kappa shape index (κ2) is 76.1. The van der Waals surface area contributed by atoms with E-state index in [9.17, 15) is 19.0 Å². The lowest BCUT2D eigenvalue weighted by atomic mass is 10.0. The number of allylic oxidation sites excluding steroid dienone is 16. The van der Waals surface area contributed by atoms with Crippen molar-refractivity contribution in [3.63, 3.8) is 0 Å². The lowest BCUT2D eigenvalue weighted by molar-refractivity contribution is -0.870. The van der Waals surface area contributed by atoms with E-state index in [1.807, 2.05) is 21.1 Å². The zero-order valence-electron chi connectivity index (χ0n) is 63.8. The highest BCUT2D eigenvalue weighted by molar-refractivity contribution is 7.45. The van der Waals surface area contributed by atoms with Gasteiger partial charge in [0.05, 0.1) is 27.7 Å². The van der Waals surface area contributed by atoms with Gasteiger partial charge < -0.3 is 27.9 Å². The quantitative estimate of drug-likeness (QED) is 0.0195. The van der Waals surface area contributed by atoms with Gasteiger partial charge >= 0.3 is 11.9 Å². The predicted octanol–water partition coefficient (Wildman–Crippen LogP) is 26.8. The highest BCUT2D eigenvalue weighted by Gasteiger charge is 2.22. The summed E-state index contributed by atoms with van der Waals surface area (Å²) in [6.45, 7) is 4.18. The van der Waals surface area contributed by atoms with E-state index in [0.29, 0.717) is 17.4 Å². The van der Waals surface area contributed by atoms with Crippen LogP contribution in [-0.4, -0.2) is 70.0 Å². The standard InChI is InChI=1S/C86H156NO8P/c1-6-8-10-12-14-16-18-20-22-24-26-28-30-32-34-36-38-40-41-42-43-44-45-47-49-51-53-55-57-59-61-63-65-67-69-71-73-75-77-79-86(89)95-84(83-94-96(90,91)93-81-80-87(3,4)5)82-92-85(88)78-76-74-72-70-68-66-64-62-60-58-56-54-52-50-48-46-39-37-35-33-31-29-27-25-23-21-19-17-15-13-11-9-7-2/h8,10,14,16,20,22,25-28,32,34,38,40,42-43,84H,6-7,9,11-13,15,17-19,21,23-24,29-31,33,35-37,39,41,44-83H2,1-5H3/b10-8-,16-14-,22-20-,27-25-,28-26-,34-32-,40-38-,43-42-. The maximum Gasteiger partial charge on any atom is 0.306 e. The van der Waals surface area contributed by atoms with E-state index in [-0.39, 0.29) is 32.0 Å². The van der Waals surface area contributed by atoms with Crippen LogP contribution in [0.2, 0.25) is 0 Å². The fourth-order valence-electron chi connectivity index (χ4n) is 11.9. The third kappa shape index (κ3) is 79.9. The van der Waals surface area contributed by atoms with E-state index in [0.717, 1.165) is 83.5 Å². The van der Waals surface area contributed by atoms with Gasteiger partial charge in [-0.2, -0.15) is 0 Å². The van der Waals surface area contributed by atoms with Crippen LogP contribution < -0.4 is 4.89 Å². The van der Waals surface area contributed by atoms with Gasteiger partial charge in [-0.25, -0.2) is 0 Å². The van der Waals surface area contributed by atoms with Gasteiger partial charge in [0.25, 0.3) is 7.82 Å². The minimum absolute atomic E-state index is 0.0308. The molecule has 0 heterocycles. The molecule has 2 atom stereocenters. The number of phosphoric acid groups is 1. The van der Waals surface area contributed by atoms with Gasteiger partial charge in [-0.15, -0.1) is 0 Å². The summed E-state index contributed by atoms with van der Waals surface area (Å²) in [5.74, 6) is -0.816. The van der Waals surface area contributed by atoms with E-state index >= 15 is 0 Å². The summed E-state index contributed by atoms with van der Waals surface area (Å²) < 4.78 is 34.4. The number of hydrogen-bond donors (Lipinski definition) is 0. The molecule has 0 aliphatic heterocycles. The van der Waals surface area contributed by atoms with Crippen molar-refractivity contribution in [2.24, 2.45) is 0 Å². The summed E-state index contributed by atoms with van der Waals surface area (Å²) in [6, 6.07) is 0. The summed E-state index contributed by atoms with van der Waals surface area (Å²) >= 11 is 0. The Balaban J connectivity index is 3.94. The number of rotatable bonds is 76. The molecular weight excluding hydrogens is 1210 g/mol. The fourth-order valence-corrected chi connectivity index (χ4v) is 12.6. The predicted molar refractivity (Wildman–Crippen MR) is 416 cm³/mol. The average molecular weight is 1360 g/mol. The van der Waals surface area contributed by atoms with Crippen LogP contribution in [0.1, 0.15) is 386 Å². The van der Waals surface area contributed by atoms with Crippen LogP contribution >= 0.6 is 7.82 Å². The minimum atomic E-state index is -4.65. The largest absolute Gasteiger partial charge is 0.756 e. The second-order valence-electron chi connectivity index (χ2n) is 28.8. The van der Waals surface area contributed by atoms with Gasteiger partial charge in [0.15, 0.2) is 6.10 Å². The first-order valence-electron chi connectivity index (χ1n) is 40.9. The monoisotopic (exact) mass is 1360 g/mol. The molecule has 10 heteroatoms. The Morgan fingerprint density at radius 3 is 0.896 bits per heavy atom. The Labute approximate surface area is 595 Å². The number of nitrogens with zero attached hydrogens (tertiary/aromatic N) is 1. The smallest absolute Gasteiger partial charge is 0.306 e. The van der Waals surface area contributed by atoms with Crippen LogP contribution in [0.15, 0.2) is 97.2 Å². The highest BCUT2D eigenvalue weighted by atomic mass is 31.2. The fraction of sp³-hybridized carbons (Fsp3) is 0.791. The van der Waals surface area contributed by atoms with E-state index in [1.54, 1.807) is 0 Å². The number of likely N-dealkylation sites (N-methyl/N-ethyl adjacent to an activating group) is 1. The molecule has 0 spiro atoms. The van der Waals surface area contributed by atoms with Crippen molar-refractivity contribution in [1.29, 1.82) is 0 Å². The van der Waals surface area contributed by atoms with Crippen molar-refractivity contribution >= 4 is 19.8 Å². The number of esters is 2. The molecule has 0 aromatic heterocycles. The number of phosphoric ester groups is 1. The number of quaternary nitrogens is 1. The van der Waals surface area contributed by atoms with Gasteiger partial charge in [0, 0.05) is 12.8 Å². The Morgan fingerprint density at radius 2 is 0.594 bits per heavy atom. The van der Waals surface area contributed by atoms with E-state index < -0.39 is 26.5 Å². The van der Waals surface area contributed by atoms with Crippen molar-refractivity contribution in [3.05, 3.63) is 97.2 Å². The van der Waals surface area contributed by atoms with Crippen molar-refractivity contribution in [2.45, 2.75) is 392 Å². The normalized spacial score (nSPS) is 13.5. The topological polar surface area (TPSA) is 111 Å². The van der Waals surface area contributed by atoms with Gasteiger partial charge in [0.2, 0.25) is 0 Å². The maximum absolute atomic E-state index is 12.9. The maximum atomic E-state index is 12.9. The van der Waals surface area contributed by atoms with Gasteiger partial charge in [-0.05, 0) is 96.3 Å². The molecule has 0 aromatic rings. The van der Waals surface area contributed by atoms with Gasteiger partial charge in [0.1, 0.15) is 19.8 Å². The summed E-state index contributed by atoms with van der Waals surface area (Å²) in [5.41, 5.74) is 0. The third-order valence-electron chi connectivity index (χ3n) is 18.1. The highest BCUT2D eigenvalue weighted by Crippen LogP contribution is 2.38. The van der Waals surface area contributed by atoms with E-state index in [2.05, 4.69) is 111 Å². The number of unbranched alkanes of at least 4 members (excludes halogenated alkanes) is 46. The molecule has 0 saturated carbocycles. The van der Waals surface area contributed by atoms with E-state index in [1.165, 1.54) is 270 Å². The average Bonchev–Trinajstić information content (AvgIpc) is 1.98. The van der Waals surface area contributed by atoms with Crippen LogP contribution in [0.3, 0.4) is 0 Å². The van der Waals surface area contributed by atoms with Crippen LogP contribution in [-0.2, 0) is 32.7 Å². The summed E-state index contributed by atoms with van der Waals surface area (Å²) in [5, 5.41) is 0. The molecule has 0 radical (unpaired) electrons. The lowest BCUT2D eigenvalue weighted by Crippen LogP contribution is -2.37. The third-order valence-corrected chi connectivity index (χ3v) is 19.1. The Morgan fingerprint density at radius 1 is 0.333 bits per heavy atom. The van der Waals surface area contributed by atoms with Gasteiger partial charge in [-0.3, -0.25) is 14.2 Å². The Bertz CT molecular complexity index is 1940. The first kappa shape index (κ1) is 92.9. The zero-order valence-corrected chi connectivity index (χ0v) is 64.7. The molecule has 96 heavy (non-hydrogen) atoms. The molecule has 9 nitrogen and oxygen atoms in total. The molecule has 0 rings (SSSR count). The summed E-state index contributed by atoms with van der Waals surface area (Å²) in [6.07, 6.45) is 107. The molecule has 0 aliphatic rings.